The molecule has 0 aromatic heterocycles. The van der Waals surface area contributed by atoms with Crippen LogP contribution in [0.4, 0.5) is 5.69 Å². The number of anilines is 1. The van der Waals surface area contributed by atoms with E-state index in [1.165, 1.54) is 0 Å². The van der Waals surface area contributed by atoms with E-state index in [-0.39, 0.29) is 5.69 Å². The second-order valence-electron chi connectivity index (χ2n) is 3.99. The second kappa shape index (κ2) is 4.61. The van der Waals surface area contributed by atoms with Crippen molar-refractivity contribution in [1.82, 2.24) is 0 Å². The van der Waals surface area contributed by atoms with E-state index in [1.54, 1.807) is 0 Å². The molecule has 2 rings (SSSR count). The van der Waals surface area contributed by atoms with Crippen LogP contribution in [0.25, 0.3) is 11.1 Å². The Hall–Kier alpha value is -2.78. The molecule has 18 heavy (non-hydrogen) atoms. The van der Waals surface area contributed by atoms with E-state index in [4.69, 9.17) is 11.0 Å². The number of nitrogens with zero attached hydrogens (tertiary/aromatic N) is 2. The maximum atomic E-state index is 9.23. The standard InChI is InChI=1S/C15H11N3/c1-10-7-12(11-5-3-2-4-6-11)14(9-17)15(18)13(10)8-16/h2-7H,18H2,1H3. The topological polar surface area (TPSA) is 73.6 Å². The van der Waals surface area contributed by atoms with Crippen LogP contribution in [0.5, 0.6) is 0 Å². The van der Waals surface area contributed by atoms with E-state index in [0.717, 1.165) is 16.7 Å². The molecule has 86 valence electrons. The Labute approximate surface area is 106 Å². The first-order chi connectivity index (χ1) is 8.69. The predicted octanol–water partition coefficient (Wildman–Crippen LogP) is 2.99. The Morgan fingerprint density at radius 1 is 1.00 bits per heavy atom. The van der Waals surface area contributed by atoms with Crippen molar-refractivity contribution in [1.29, 1.82) is 10.5 Å². The highest BCUT2D eigenvalue weighted by molar-refractivity contribution is 5.81. The van der Waals surface area contributed by atoms with Gasteiger partial charge in [-0.05, 0) is 24.1 Å². The average Bonchev–Trinajstić information content (AvgIpc) is 2.39. The van der Waals surface area contributed by atoms with Gasteiger partial charge in [0.25, 0.3) is 0 Å². The van der Waals surface area contributed by atoms with Gasteiger partial charge >= 0.3 is 0 Å². The van der Waals surface area contributed by atoms with E-state index in [1.807, 2.05) is 49.4 Å². The maximum Gasteiger partial charge on any atom is 0.102 e. The summed E-state index contributed by atoms with van der Waals surface area (Å²) in [6.07, 6.45) is 0. The van der Waals surface area contributed by atoms with Gasteiger partial charge in [0.05, 0.1) is 16.8 Å². The quantitative estimate of drug-likeness (QED) is 0.769. The summed E-state index contributed by atoms with van der Waals surface area (Å²) in [6, 6.07) is 15.5. The van der Waals surface area contributed by atoms with E-state index in [2.05, 4.69) is 6.07 Å². The Balaban J connectivity index is 2.79. The first-order valence-electron chi connectivity index (χ1n) is 5.47. The van der Waals surface area contributed by atoms with Crippen molar-refractivity contribution >= 4 is 5.69 Å². The van der Waals surface area contributed by atoms with Crippen LogP contribution >= 0.6 is 0 Å². The summed E-state index contributed by atoms with van der Waals surface area (Å²) in [4.78, 5) is 0. The summed E-state index contributed by atoms with van der Waals surface area (Å²) in [5.74, 6) is 0. The fourth-order valence-electron chi connectivity index (χ4n) is 1.96. The van der Waals surface area contributed by atoms with E-state index < -0.39 is 0 Å². The number of aryl methyl sites for hydroxylation is 1. The van der Waals surface area contributed by atoms with Crippen molar-refractivity contribution < 1.29 is 0 Å². The van der Waals surface area contributed by atoms with Gasteiger partial charge in [-0.25, -0.2) is 0 Å². The number of benzene rings is 2. The van der Waals surface area contributed by atoms with E-state index in [0.29, 0.717) is 11.1 Å². The summed E-state index contributed by atoms with van der Waals surface area (Å²) in [5.41, 5.74) is 9.39. The molecule has 0 aliphatic rings. The molecule has 0 saturated heterocycles. The third kappa shape index (κ3) is 1.79. The van der Waals surface area contributed by atoms with Crippen LogP contribution in [0.2, 0.25) is 0 Å². The third-order valence-corrected chi connectivity index (χ3v) is 2.87. The smallest absolute Gasteiger partial charge is 0.102 e. The summed E-state index contributed by atoms with van der Waals surface area (Å²) < 4.78 is 0. The van der Waals surface area contributed by atoms with Gasteiger partial charge < -0.3 is 5.73 Å². The van der Waals surface area contributed by atoms with E-state index in [9.17, 15) is 5.26 Å². The predicted molar refractivity (Wildman–Crippen MR) is 70.5 cm³/mol. The van der Waals surface area contributed by atoms with Gasteiger partial charge in [0.15, 0.2) is 0 Å². The lowest BCUT2D eigenvalue weighted by Crippen LogP contribution is -2.00. The van der Waals surface area contributed by atoms with Gasteiger partial charge in [0, 0.05) is 5.56 Å². The molecule has 0 aliphatic heterocycles. The molecule has 2 N–H and O–H groups in total. The van der Waals surface area contributed by atoms with Crippen molar-refractivity contribution in [3.05, 3.63) is 53.1 Å². The molecule has 0 bridgehead atoms. The summed E-state index contributed by atoms with van der Waals surface area (Å²) in [6.45, 7) is 1.82. The highest BCUT2D eigenvalue weighted by Crippen LogP contribution is 2.31. The van der Waals surface area contributed by atoms with Crippen molar-refractivity contribution in [2.75, 3.05) is 5.73 Å². The molecule has 0 saturated carbocycles. The maximum absolute atomic E-state index is 9.23. The van der Waals surface area contributed by atoms with Gasteiger partial charge in [-0.1, -0.05) is 30.3 Å². The number of nitrogens with two attached hydrogens (primary N) is 1. The highest BCUT2D eigenvalue weighted by atomic mass is 14.6. The Morgan fingerprint density at radius 3 is 2.17 bits per heavy atom. The summed E-state index contributed by atoms with van der Waals surface area (Å²) >= 11 is 0. The minimum Gasteiger partial charge on any atom is -0.397 e. The third-order valence-electron chi connectivity index (χ3n) is 2.87. The molecule has 0 fully saturated rings. The fourth-order valence-corrected chi connectivity index (χ4v) is 1.96. The minimum atomic E-state index is 0.263. The molecule has 0 spiro atoms. The lowest BCUT2D eigenvalue weighted by atomic mass is 9.93. The number of nitrogen functional groups attached to an aromatic ring is 1. The SMILES string of the molecule is Cc1cc(-c2ccccc2)c(C#N)c(N)c1C#N. The lowest BCUT2D eigenvalue weighted by molar-refractivity contribution is 1.37. The average molecular weight is 233 g/mol. The fraction of sp³-hybridized carbons (Fsp3) is 0.0667. The molecule has 0 aliphatic carbocycles. The molecule has 0 amide bonds. The van der Waals surface area contributed by atoms with Crippen LogP contribution in [-0.2, 0) is 0 Å². The van der Waals surface area contributed by atoms with Crippen LogP contribution in [0.1, 0.15) is 16.7 Å². The molecule has 3 nitrogen and oxygen atoms in total. The number of rotatable bonds is 1. The van der Waals surface area contributed by atoms with Gasteiger partial charge in [-0.2, -0.15) is 10.5 Å². The molecule has 2 aromatic rings. The summed E-state index contributed by atoms with van der Waals surface area (Å²) in [7, 11) is 0. The molecule has 0 radical (unpaired) electrons. The zero-order chi connectivity index (χ0) is 13.1. The second-order valence-corrected chi connectivity index (χ2v) is 3.99. The van der Waals surface area contributed by atoms with Crippen LogP contribution in [0, 0.1) is 29.6 Å². The molecule has 0 unspecified atom stereocenters. The number of nitriles is 2. The molecular formula is C15H11N3. The minimum absolute atomic E-state index is 0.263. The Kier molecular flexibility index (Phi) is 3.00. The van der Waals surface area contributed by atoms with Crippen molar-refractivity contribution in [3.8, 4) is 23.3 Å². The van der Waals surface area contributed by atoms with Crippen LogP contribution < -0.4 is 5.73 Å². The lowest BCUT2D eigenvalue weighted by Gasteiger charge is -2.10. The molecule has 2 aromatic carbocycles. The zero-order valence-corrected chi connectivity index (χ0v) is 9.94. The monoisotopic (exact) mass is 233 g/mol. The van der Waals surface area contributed by atoms with Crippen LogP contribution in [0.3, 0.4) is 0 Å². The van der Waals surface area contributed by atoms with Crippen molar-refractivity contribution in [2.45, 2.75) is 6.92 Å². The van der Waals surface area contributed by atoms with E-state index >= 15 is 0 Å². The number of hydrogen-bond acceptors (Lipinski definition) is 3. The Bertz CT molecular complexity index is 674. The largest absolute Gasteiger partial charge is 0.397 e. The summed E-state index contributed by atoms with van der Waals surface area (Å²) in [5, 5.41) is 18.3. The number of hydrogen-bond donors (Lipinski definition) is 1. The van der Waals surface area contributed by atoms with Crippen LogP contribution in [-0.4, -0.2) is 0 Å². The van der Waals surface area contributed by atoms with Gasteiger partial charge in [0.1, 0.15) is 12.1 Å². The Morgan fingerprint density at radius 2 is 1.61 bits per heavy atom. The van der Waals surface area contributed by atoms with Gasteiger partial charge in [-0.15, -0.1) is 0 Å². The normalized spacial score (nSPS) is 9.50. The molecular weight excluding hydrogens is 222 g/mol. The molecule has 0 atom stereocenters. The molecule has 3 heteroatoms. The molecule has 0 heterocycles. The first-order valence-corrected chi connectivity index (χ1v) is 5.47. The highest BCUT2D eigenvalue weighted by Gasteiger charge is 2.14. The zero-order valence-electron chi connectivity index (χ0n) is 9.94. The van der Waals surface area contributed by atoms with Crippen molar-refractivity contribution in [2.24, 2.45) is 0 Å². The van der Waals surface area contributed by atoms with Gasteiger partial charge in [0.2, 0.25) is 0 Å². The first kappa shape index (κ1) is 11.7. The van der Waals surface area contributed by atoms with Crippen LogP contribution in [0.15, 0.2) is 36.4 Å². The van der Waals surface area contributed by atoms with Gasteiger partial charge in [-0.3, -0.25) is 0 Å². The van der Waals surface area contributed by atoms with Crippen molar-refractivity contribution in [3.63, 3.8) is 0 Å².